The van der Waals surface area contributed by atoms with Crippen LogP contribution in [-0.2, 0) is 17.8 Å². The molecular weight excluding hydrogens is 332 g/mol. The molecular formula is C21H19ClN2O. The van der Waals surface area contributed by atoms with E-state index in [9.17, 15) is 4.79 Å². The Morgan fingerprint density at radius 1 is 0.800 bits per heavy atom. The molecule has 126 valence electrons. The maximum absolute atomic E-state index is 12.1. The lowest BCUT2D eigenvalue weighted by molar-refractivity contribution is -0.115. The van der Waals surface area contributed by atoms with Crippen molar-refractivity contribution in [2.24, 2.45) is 0 Å². The van der Waals surface area contributed by atoms with Crippen LogP contribution in [0.4, 0.5) is 11.4 Å². The molecule has 0 heterocycles. The lowest BCUT2D eigenvalue weighted by atomic mass is 10.1. The van der Waals surface area contributed by atoms with E-state index in [1.165, 1.54) is 0 Å². The Balaban J connectivity index is 1.53. The third-order valence-electron chi connectivity index (χ3n) is 3.82. The number of carbonyl (C=O) groups excluding carboxylic acids is 1. The van der Waals surface area contributed by atoms with Gasteiger partial charge in [0.15, 0.2) is 0 Å². The Morgan fingerprint density at radius 2 is 1.44 bits per heavy atom. The van der Waals surface area contributed by atoms with E-state index in [0.29, 0.717) is 13.0 Å². The number of carbonyl (C=O) groups is 1. The van der Waals surface area contributed by atoms with Gasteiger partial charge in [0.2, 0.25) is 5.91 Å². The molecule has 0 radical (unpaired) electrons. The first-order chi connectivity index (χ1) is 12.2. The molecule has 0 saturated heterocycles. The predicted octanol–water partition coefficient (Wildman–Crippen LogP) is 5.13. The van der Waals surface area contributed by atoms with Crippen LogP contribution >= 0.6 is 11.6 Å². The first-order valence-corrected chi connectivity index (χ1v) is 8.49. The number of hydrogen-bond donors (Lipinski definition) is 2. The van der Waals surface area contributed by atoms with E-state index in [1.54, 1.807) is 0 Å². The molecule has 0 unspecified atom stereocenters. The summed E-state index contributed by atoms with van der Waals surface area (Å²) in [6, 6.07) is 25.1. The molecule has 0 aromatic heterocycles. The maximum Gasteiger partial charge on any atom is 0.228 e. The highest BCUT2D eigenvalue weighted by molar-refractivity contribution is 6.31. The minimum atomic E-state index is -0.0250. The van der Waals surface area contributed by atoms with Crippen LogP contribution in [0.2, 0.25) is 5.02 Å². The van der Waals surface area contributed by atoms with Gasteiger partial charge in [0, 0.05) is 22.9 Å². The Labute approximate surface area is 152 Å². The number of rotatable bonds is 6. The van der Waals surface area contributed by atoms with Crippen molar-refractivity contribution in [2.75, 3.05) is 10.6 Å². The summed E-state index contributed by atoms with van der Waals surface area (Å²) in [6.07, 6.45) is 0.368. The van der Waals surface area contributed by atoms with Crippen LogP contribution in [0.15, 0.2) is 78.9 Å². The van der Waals surface area contributed by atoms with Crippen LogP contribution in [0.5, 0.6) is 0 Å². The zero-order valence-corrected chi connectivity index (χ0v) is 14.5. The van der Waals surface area contributed by atoms with Gasteiger partial charge in [0.25, 0.3) is 0 Å². The highest BCUT2D eigenvalue weighted by Crippen LogP contribution is 2.18. The molecule has 4 heteroatoms. The average molecular weight is 351 g/mol. The van der Waals surface area contributed by atoms with Crippen LogP contribution in [0, 0.1) is 0 Å². The summed E-state index contributed by atoms with van der Waals surface area (Å²) in [5.41, 5.74) is 3.80. The SMILES string of the molecule is O=C(Cc1ccccc1)Nc1ccc(NCc2ccccc2Cl)cc1. The standard InChI is InChI=1S/C21H19ClN2O/c22-20-9-5-4-8-17(20)15-23-18-10-12-19(13-11-18)24-21(25)14-16-6-2-1-3-7-16/h1-13,23H,14-15H2,(H,24,25). The van der Waals surface area contributed by atoms with Crippen LogP contribution in [0.1, 0.15) is 11.1 Å². The molecule has 0 atom stereocenters. The van der Waals surface area contributed by atoms with Crippen molar-refractivity contribution in [2.45, 2.75) is 13.0 Å². The summed E-state index contributed by atoms with van der Waals surface area (Å²) >= 11 is 6.15. The Bertz CT molecular complexity index is 832. The zero-order chi connectivity index (χ0) is 17.5. The smallest absolute Gasteiger partial charge is 0.228 e. The normalized spacial score (nSPS) is 10.3. The molecule has 25 heavy (non-hydrogen) atoms. The number of amides is 1. The quantitative estimate of drug-likeness (QED) is 0.646. The monoisotopic (exact) mass is 350 g/mol. The van der Waals surface area contributed by atoms with Gasteiger partial charge < -0.3 is 10.6 Å². The van der Waals surface area contributed by atoms with Gasteiger partial charge in [-0.1, -0.05) is 60.1 Å². The van der Waals surface area contributed by atoms with E-state index in [1.807, 2.05) is 78.9 Å². The molecule has 3 aromatic carbocycles. The summed E-state index contributed by atoms with van der Waals surface area (Å²) in [4.78, 5) is 12.1. The van der Waals surface area contributed by atoms with Crippen LogP contribution in [-0.4, -0.2) is 5.91 Å². The van der Waals surface area contributed by atoms with Crippen LogP contribution in [0.25, 0.3) is 0 Å². The second-order valence-electron chi connectivity index (χ2n) is 5.73. The van der Waals surface area contributed by atoms with Gasteiger partial charge in [-0.25, -0.2) is 0 Å². The van der Waals surface area contributed by atoms with E-state index >= 15 is 0 Å². The Hall–Kier alpha value is -2.78. The first kappa shape index (κ1) is 17.1. The lowest BCUT2D eigenvalue weighted by Crippen LogP contribution is -2.14. The fourth-order valence-electron chi connectivity index (χ4n) is 2.50. The molecule has 3 nitrogen and oxygen atoms in total. The fourth-order valence-corrected chi connectivity index (χ4v) is 2.70. The zero-order valence-electron chi connectivity index (χ0n) is 13.7. The highest BCUT2D eigenvalue weighted by atomic mass is 35.5. The molecule has 0 aliphatic rings. The lowest BCUT2D eigenvalue weighted by Gasteiger charge is -2.10. The van der Waals surface area contributed by atoms with E-state index in [-0.39, 0.29) is 5.91 Å². The van der Waals surface area contributed by atoms with E-state index in [4.69, 9.17) is 11.6 Å². The van der Waals surface area contributed by atoms with Crippen molar-refractivity contribution in [3.05, 3.63) is 95.0 Å². The third kappa shape index (κ3) is 5.10. The van der Waals surface area contributed by atoms with Gasteiger partial charge in [-0.3, -0.25) is 4.79 Å². The molecule has 1 amide bonds. The molecule has 0 aliphatic heterocycles. The maximum atomic E-state index is 12.1. The van der Waals surface area contributed by atoms with Crippen LogP contribution in [0.3, 0.4) is 0 Å². The van der Waals surface area contributed by atoms with Gasteiger partial charge in [-0.15, -0.1) is 0 Å². The fraction of sp³-hybridized carbons (Fsp3) is 0.0952. The predicted molar refractivity (Wildman–Crippen MR) is 104 cm³/mol. The van der Waals surface area contributed by atoms with Gasteiger partial charge >= 0.3 is 0 Å². The Kier molecular flexibility index (Phi) is 5.70. The first-order valence-electron chi connectivity index (χ1n) is 8.12. The number of benzene rings is 3. The molecule has 0 fully saturated rings. The highest BCUT2D eigenvalue weighted by Gasteiger charge is 2.04. The molecule has 0 saturated carbocycles. The summed E-state index contributed by atoms with van der Waals surface area (Å²) in [6.45, 7) is 0.652. The number of nitrogens with one attached hydrogen (secondary N) is 2. The third-order valence-corrected chi connectivity index (χ3v) is 4.19. The van der Waals surface area contributed by atoms with Gasteiger partial charge in [-0.05, 0) is 41.5 Å². The van der Waals surface area contributed by atoms with E-state index in [2.05, 4.69) is 10.6 Å². The van der Waals surface area contributed by atoms with Gasteiger partial charge in [0.05, 0.1) is 6.42 Å². The minimum Gasteiger partial charge on any atom is -0.381 e. The van der Waals surface area contributed by atoms with E-state index < -0.39 is 0 Å². The minimum absolute atomic E-state index is 0.0250. The second-order valence-corrected chi connectivity index (χ2v) is 6.14. The summed E-state index contributed by atoms with van der Waals surface area (Å²) in [5.74, 6) is -0.0250. The van der Waals surface area contributed by atoms with Crippen molar-refractivity contribution in [1.29, 1.82) is 0 Å². The van der Waals surface area contributed by atoms with Gasteiger partial charge in [0.1, 0.15) is 0 Å². The second kappa shape index (κ2) is 8.36. The van der Waals surface area contributed by atoms with Crippen molar-refractivity contribution in [3.8, 4) is 0 Å². The van der Waals surface area contributed by atoms with Crippen molar-refractivity contribution < 1.29 is 4.79 Å². The van der Waals surface area contributed by atoms with Crippen molar-refractivity contribution in [3.63, 3.8) is 0 Å². The molecule has 0 aliphatic carbocycles. The summed E-state index contributed by atoms with van der Waals surface area (Å²) < 4.78 is 0. The topological polar surface area (TPSA) is 41.1 Å². The largest absolute Gasteiger partial charge is 0.381 e. The van der Waals surface area contributed by atoms with Crippen LogP contribution < -0.4 is 10.6 Å². The van der Waals surface area contributed by atoms with Crippen molar-refractivity contribution >= 4 is 28.9 Å². The molecule has 3 aromatic rings. The summed E-state index contributed by atoms with van der Waals surface area (Å²) in [7, 11) is 0. The van der Waals surface area contributed by atoms with E-state index in [0.717, 1.165) is 27.5 Å². The molecule has 0 spiro atoms. The average Bonchev–Trinajstić information content (AvgIpc) is 2.63. The molecule has 3 rings (SSSR count). The number of hydrogen-bond acceptors (Lipinski definition) is 2. The molecule has 0 bridgehead atoms. The number of anilines is 2. The van der Waals surface area contributed by atoms with Crippen molar-refractivity contribution in [1.82, 2.24) is 0 Å². The number of halogens is 1. The summed E-state index contributed by atoms with van der Waals surface area (Å²) in [5, 5.41) is 6.99. The Morgan fingerprint density at radius 3 is 2.16 bits per heavy atom. The van der Waals surface area contributed by atoms with Gasteiger partial charge in [-0.2, -0.15) is 0 Å². The molecule has 2 N–H and O–H groups in total.